The van der Waals surface area contributed by atoms with E-state index in [4.69, 9.17) is 0 Å². The van der Waals surface area contributed by atoms with Gasteiger partial charge in [0.05, 0.1) is 0 Å². The Morgan fingerprint density at radius 2 is 1.61 bits per heavy atom. The van der Waals surface area contributed by atoms with Gasteiger partial charge in [-0.2, -0.15) is 0 Å². The Balaban J connectivity index is 1.69. The van der Waals surface area contributed by atoms with Crippen molar-refractivity contribution in [3.05, 3.63) is 102 Å². The van der Waals surface area contributed by atoms with Gasteiger partial charge in [0.2, 0.25) is 11.8 Å². The molecule has 0 aliphatic rings. The van der Waals surface area contributed by atoms with E-state index in [0.29, 0.717) is 13.0 Å². The number of amides is 2. The van der Waals surface area contributed by atoms with E-state index in [2.05, 4.69) is 10.3 Å². The van der Waals surface area contributed by atoms with Gasteiger partial charge in [-0.05, 0) is 54.3 Å². The lowest BCUT2D eigenvalue weighted by Crippen LogP contribution is -2.47. The molecule has 0 unspecified atom stereocenters. The number of benzene rings is 2. The number of aryl methyl sites for hydroxylation is 1. The molecule has 0 aliphatic carbocycles. The first-order valence-electron chi connectivity index (χ1n) is 10.3. The van der Waals surface area contributed by atoms with Crippen LogP contribution < -0.4 is 5.32 Å². The fourth-order valence-electron chi connectivity index (χ4n) is 3.25. The maximum atomic E-state index is 13.3. The molecule has 1 atom stereocenters. The fraction of sp³-hybridized carbons (Fsp3) is 0.240. The van der Waals surface area contributed by atoms with E-state index in [9.17, 15) is 14.0 Å². The summed E-state index contributed by atoms with van der Waals surface area (Å²) < 4.78 is 13.3. The molecule has 2 amide bonds. The molecular formula is C25H26FN3O2. The molecule has 0 saturated heterocycles. The van der Waals surface area contributed by atoms with Crippen LogP contribution in [0.25, 0.3) is 0 Å². The van der Waals surface area contributed by atoms with Gasteiger partial charge in [-0.1, -0.05) is 42.5 Å². The number of carbonyl (C=O) groups excluding carboxylic acids is 2. The number of hydrogen-bond donors (Lipinski definition) is 1. The summed E-state index contributed by atoms with van der Waals surface area (Å²) in [7, 11) is 0. The van der Waals surface area contributed by atoms with E-state index in [-0.39, 0.29) is 30.6 Å². The Kier molecular flexibility index (Phi) is 7.87. The van der Waals surface area contributed by atoms with Crippen molar-refractivity contribution in [2.45, 2.75) is 38.9 Å². The van der Waals surface area contributed by atoms with Gasteiger partial charge in [0, 0.05) is 31.9 Å². The van der Waals surface area contributed by atoms with Crippen LogP contribution in [0.3, 0.4) is 0 Å². The minimum Gasteiger partial charge on any atom is -0.350 e. The third kappa shape index (κ3) is 6.74. The van der Waals surface area contributed by atoms with Crippen LogP contribution in [0.5, 0.6) is 0 Å². The molecule has 0 saturated carbocycles. The van der Waals surface area contributed by atoms with Crippen molar-refractivity contribution in [1.29, 1.82) is 0 Å². The lowest BCUT2D eigenvalue weighted by atomic mass is 10.1. The minimum absolute atomic E-state index is 0.125. The molecule has 0 spiro atoms. The Morgan fingerprint density at radius 3 is 2.29 bits per heavy atom. The third-order valence-corrected chi connectivity index (χ3v) is 5.12. The summed E-state index contributed by atoms with van der Waals surface area (Å²) >= 11 is 0. The van der Waals surface area contributed by atoms with E-state index >= 15 is 0 Å². The Bertz CT molecular complexity index is 979. The average Bonchev–Trinajstić information content (AvgIpc) is 2.81. The summed E-state index contributed by atoms with van der Waals surface area (Å²) in [6.07, 6.45) is 4.20. The predicted octanol–water partition coefficient (Wildman–Crippen LogP) is 3.89. The van der Waals surface area contributed by atoms with Crippen LogP contribution in [0.2, 0.25) is 0 Å². The van der Waals surface area contributed by atoms with Gasteiger partial charge in [0.15, 0.2) is 0 Å². The van der Waals surface area contributed by atoms with Gasteiger partial charge in [0.25, 0.3) is 0 Å². The molecule has 2 aromatic carbocycles. The Labute approximate surface area is 181 Å². The van der Waals surface area contributed by atoms with Crippen LogP contribution in [0.1, 0.15) is 30.0 Å². The highest BCUT2D eigenvalue weighted by molar-refractivity contribution is 5.87. The second-order valence-corrected chi connectivity index (χ2v) is 7.38. The largest absolute Gasteiger partial charge is 0.350 e. The SMILES string of the molecule is C[C@H](C(=O)NCc1ccncc1)N(Cc1ccc(F)cc1)C(=O)CCc1ccccc1. The summed E-state index contributed by atoms with van der Waals surface area (Å²) in [5.41, 5.74) is 2.76. The molecule has 6 heteroatoms. The normalized spacial score (nSPS) is 11.5. The molecule has 0 radical (unpaired) electrons. The molecule has 1 aromatic heterocycles. The monoisotopic (exact) mass is 419 g/mol. The second kappa shape index (κ2) is 11.0. The van der Waals surface area contributed by atoms with Gasteiger partial charge in [-0.3, -0.25) is 14.6 Å². The molecule has 5 nitrogen and oxygen atoms in total. The van der Waals surface area contributed by atoms with Crippen molar-refractivity contribution < 1.29 is 14.0 Å². The molecule has 160 valence electrons. The molecular weight excluding hydrogens is 393 g/mol. The Hall–Kier alpha value is -3.54. The Morgan fingerprint density at radius 1 is 0.935 bits per heavy atom. The molecule has 0 aliphatic heterocycles. The van der Waals surface area contributed by atoms with Gasteiger partial charge in [-0.25, -0.2) is 4.39 Å². The van der Waals surface area contributed by atoms with Crippen LogP contribution in [0.15, 0.2) is 79.1 Å². The topological polar surface area (TPSA) is 62.3 Å². The zero-order valence-electron chi connectivity index (χ0n) is 17.5. The highest BCUT2D eigenvalue weighted by atomic mass is 19.1. The first-order valence-corrected chi connectivity index (χ1v) is 10.3. The molecule has 0 fully saturated rings. The molecule has 1 N–H and O–H groups in total. The standard InChI is InChI=1S/C25H26FN3O2/c1-19(25(31)28-17-21-13-15-27-16-14-21)29(18-22-7-10-23(26)11-8-22)24(30)12-9-20-5-3-2-4-6-20/h2-8,10-11,13-16,19H,9,12,17-18H2,1H3,(H,28,31)/t19-/m1/s1. The van der Waals surface area contributed by atoms with E-state index in [1.54, 1.807) is 36.4 Å². The van der Waals surface area contributed by atoms with E-state index in [0.717, 1.165) is 16.7 Å². The lowest BCUT2D eigenvalue weighted by molar-refractivity contribution is -0.140. The number of halogens is 1. The van der Waals surface area contributed by atoms with Crippen LogP contribution in [0, 0.1) is 5.82 Å². The van der Waals surface area contributed by atoms with Gasteiger partial charge in [0.1, 0.15) is 11.9 Å². The summed E-state index contributed by atoms with van der Waals surface area (Å²) in [6.45, 7) is 2.30. The van der Waals surface area contributed by atoms with E-state index in [1.165, 1.54) is 12.1 Å². The molecule has 3 rings (SSSR count). The van der Waals surface area contributed by atoms with Crippen LogP contribution in [-0.4, -0.2) is 27.7 Å². The van der Waals surface area contributed by atoms with Crippen LogP contribution in [-0.2, 0) is 29.1 Å². The second-order valence-electron chi connectivity index (χ2n) is 7.38. The first-order chi connectivity index (χ1) is 15.0. The maximum absolute atomic E-state index is 13.3. The van der Waals surface area contributed by atoms with Crippen molar-refractivity contribution in [2.24, 2.45) is 0 Å². The molecule has 31 heavy (non-hydrogen) atoms. The predicted molar refractivity (Wildman–Crippen MR) is 117 cm³/mol. The molecule has 3 aromatic rings. The molecule has 1 heterocycles. The number of aromatic nitrogens is 1. The van der Waals surface area contributed by atoms with E-state index < -0.39 is 6.04 Å². The highest BCUT2D eigenvalue weighted by Crippen LogP contribution is 2.14. The summed E-state index contributed by atoms with van der Waals surface area (Å²) in [6, 6.07) is 18.7. The number of nitrogens with zero attached hydrogens (tertiary/aromatic N) is 2. The highest BCUT2D eigenvalue weighted by Gasteiger charge is 2.25. The molecule has 0 bridgehead atoms. The maximum Gasteiger partial charge on any atom is 0.242 e. The summed E-state index contributed by atoms with van der Waals surface area (Å²) in [5.74, 6) is -0.708. The number of rotatable bonds is 9. The van der Waals surface area contributed by atoms with Crippen molar-refractivity contribution >= 4 is 11.8 Å². The summed E-state index contributed by atoms with van der Waals surface area (Å²) in [4.78, 5) is 31.4. The minimum atomic E-state index is -0.671. The quantitative estimate of drug-likeness (QED) is 0.572. The fourth-order valence-corrected chi connectivity index (χ4v) is 3.25. The summed E-state index contributed by atoms with van der Waals surface area (Å²) in [5, 5.41) is 2.88. The first kappa shape index (κ1) is 22.2. The lowest BCUT2D eigenvalue weighted by Gasteiger charge is -2.29. The smallest absolute Gasteiger partial charge is 0.242 e. The zero-order valence-corrected chi connectivity index (χ0v) is 17.5. The van der Waals surface area contributed by atoms with Crippen LogP contribution >= 0.6 is 0 Å². The van der Waals surface area contributed by atoms with E-state index in [1.807, 2.05) is 42.5 Å². The van der Waals surface area contributed by atoms with Crippen molar-refractivity contribution in [1.82, 2.24) is 15.2 Å². The van der Waals surface area contributed by atoms with Crippen LogP contribution in [0.4, 0.5) is 4.39 Å². The van der Waals surface area contributed by atoms with Gasteiger partial charge < -0.3 is 10.2 Å². The number of nitrogens with one attached hydrogen (secondary N) is 1. The number of carbonyl (C=O) groups is 2. The number of pyridine rings is 1. The van der Waals surface area contributed by atoms with Gasteiger partial charge >= 0.3 is 0 Å². The zero-order chi connectivity index (χ0) is 22.1. The van der Waals surface area contributed by atoms with Gasteiger partial charge in [-0.15, -0.1) is 0 Å². The van der Waals surface area contributed by atoms with Crippen molar-refractivity contribution in [2.75, 3.05) is 0 Å². The third-order valence-electron chi connectivity index (χ3n) is 5.12. The van der Waals surface area contributed by atoms with Crippen molar-refractivity contribution in [3.8, 4) is 0 Å². The van der Waals surface area contributed by atoms with Crippen molar-refractivity contribution in [3.63, 3.8) is 0 Å². The number of hydrogen-bond acceptors (Lipinski definition) is 3. The average molecular weight is 420 g/mol.